The van der Waals surface area contributed by atoms with Crippen molar-refractivity contribution in [1.82, 2.24) is 0 Å². The van der Waals surface area contributed by atoms with Gasteiger partial charge in [-0.15, -0.1) is 0 Å². The van der Waals surface area contributed by atoms with E-state index in [1.807, 2.05) is 54.6 Å². The molecule has 0 saturated heterocycles. The fourth-order valence-corrected chi connectivity index (χ4v) is 1.28. The molecule has 69 valence electrons. The monoisotopic (exact) mass is 182 g/mol. The highest BCUT2D eigenvalue weighted by molar-refractivity contribution is 5.59. The zero-order chi connectivity index (χ0) is 9.80. The Kier molecular flexibility index (Phi) is 2.50. The molecule has 0 aliphatic heterocycles. The molecular formula is C13H12N. The molecule has 0 saturated carbocycles. The normalized spacial score (nSPS) is 9.79. The second-order valence-corrected chi connectivity index (χ2v) is 3.19. The van der Waals surface area contributed by atoms with Gasteiger partial charge in [-0.25, -0.2) is 0 Å². The molecular weight excluding hydrogens is 170 g/mol. The van der Waals surface area contributed by atoms with E-state index in [9.17, 15) is 0 Å². The van der Waals surface area contributed by atoms with Crippen molar-refractivity contribution in [1.29, 1.82) is 0 Å². The van der Waals surface area contributed by atoms with Gasteiger partial charge in [0.05, 0.1) is 0 Å². The van der Waals surface area contributed by atoms with Gasteiger partial charge < -0.3 is 5.32 Å². The van der Waals surface area contributed by atoms with Crippen molar-refractivity contribution in [3.8, 4) is 0 Å². The molecule has 1 N–H and O–H groups in total. The van der Waals surface area contributed by atoms with Crippen LogP contribution in [0.15, 0.2) is 54.6 Å². The summed E-state index contributed by atoms with van der Waals surface area (Å²) in [7, 11) is 0. The Morgan fingerprint density at radius 3 is 1.93 bits per heavy atom. The predicted molar refractivity (Wildman–Crippen MR) is 60.6 cm³/mol. The molecule has 2 rings (SSSR count). The predicted octanol–water partition coefficient (Wildman–Crippen LogP) is 3.61. The van der Waals surface area contributed by atoms with Crippen molar-refractivity contribution in [2.75, 3.05) is 5.32 Å². The van der Waals surface area contributed by atoms with Gasteiger partial charge in [-0.1, -0.05) is 30.3 Å². The van der Waals surface area contributed by atoms with Crippen LogP contribution in [0, 0.1) is 6.92 Å². The number of rotatable bonds is 2. The molecule has 2 aromatic rings. The molecule has 0 aliphatic carbocycles. The Morgan fingerprint density at radius 1 is 0.714 bits per heavy atom. The number of anilines is 2. The lowest BCUT2D eigenvalue weighted by Crippen LogP contribution is -1.88. The Bertz CT molecular complexity index is 389. The first-order chi connectivity index (χ1) is 6.84. The lowest BCUT2D eigenvalue weighted by Gasteiger charge is -2.05. The number of benzene rings is 2. The lowest BCUT2D eigenvalue weighted by atomic mass is 10.2. The van der Waals surface area contributed by atoms with Gasteiger partial charge in [0.2, 0.25) is 0 Å². The number of hydrogen-bond acceptors (Lipinski definition) is 1. The lowest BCUT2D eigenvalue weighted by molar-refractivity contribution is 1.53. The van der Waals surface area contributed by atoms with Crippen LogP contribution in [0.25, 0.3) is 0 Å². The molecule has 0 bridgehead atoms. The second-order valence-electron chi connectivity index (χ2n) is 3.19. The van der Waals surface area contributed by atoms with Crippen molar-refractivity contribution in [3.63, 3.8) is 0 Å². The van der Waals surface area contributed by atoms with E-state index in [0.717, 1.165) is 16.9 Å². The van der Waals surface area contributed by atoms with Crippen LogP contribution in [0.1, 0.15) is 5.56 Å². The molecule has 14 heavy (non-hydrogen) atoms. The average Bonchev–Trinajstić information content (AvgIpc) is 2.23. The Balaban J connectivity index is 2.16. The maximum Gasteiger partial charge on any atom is 0.0384 e. The first-order valence-electron chi connectivity index (χ1n) is 4.59. The molecule has 0 amide bonds. The molecule has 0 aliphatic rings. The minimum Gasteiger partial charge on any atom is -0.356 e. The van der Waals surface area contributed by atoms with Gasteiger partial charge in [-0.3, -0.25) is 0 Å². The minimum absolute atomic E-state index is 1.03. The largest absolute Gasteiger partial charge is 0.356 e. The maximum absolute atomic E-state index is 3.84. The van der Waals surface area contributed by atoms with Crippen LogP contribution in [0.5, 0.6) is 0 Å². The van der Waals surface area contributed by atoms with E-state index in [0.29, 0.717) is 0 Å². The summed E-state index contributed by atoms with van der Waals surface area (Å²) in [6.45, 7) is 3.84. The third-order valence-electron chi connectivity index (χ3n) is 2.02. The summed E-state index contributed by atoms with van der Waals surface area (Å²) in [6, 6.07) is 18.1. The van der Waals surface area contributed by atoms with E-state index in [2.05, 4.69) is 12.2 Å². The van der Waals surface area contributed by atoms with Crippen molar-refractivity contribution >= 4 is 11.4 Å². The number of hydrogen-bond donors (Lipinski definition) is 1. The molecule has 0 unspecified atom stereocenters. The fraction of sp³-hybridized carbons (Fsp3) is 0. The SMILES string of the molecule is [CH2]c1ccc(Nc2ccccc2)cc1. The maximum atomic E-state index is 3.84. The van der Waals surface area contributed by atoms with Gasteiger partial charge in [-0.05, 0) is 36.8 Å². The van der Waals surface area contributed by atoms with E-state index in [4.69, 9.17) is 0 Å². The van der Waals surface area contributed by atoms with E-state index in [1.54, 1.807) is 0 Å². The van der Waals surface area contributed by atoms with Crippen LogP contribution < -0.4 is 5.32 Å². The van der Waals surface area contributed by atoms with E-state index >= 15 is 0 Å². The van der Waals surface area contributed by atoms with E-state index in [-0.39, 0.29) is 0 Å². The van der Waals surface area contributed by atoms with Crippen LogP contribution in [0.4, 0.5) is 11.4 Å². The summed E-state index contributed by atoms with van der Waals surface area (Å²) in [5.41, 5.74) is 3.22. The molecule has 0 atom stereocenters. The van der Waals surface area contributed by atoms with Gasteiger partial charge in [0, 0.05) is 11.4 Å². The van der Waals surface area contributed by atoms with Crippen LogP contribution in [-0.4, -0.2) is 0 Å². The van der Waals surface area contributed by atoms with Crippen LogP contribution in [0.3, 0.4) is 0 Å². The van der Waals surface area contributed by atoms with Crippen molar-refractivity contribution in [3.05, 3.63) is 67.1 Å². The van der Waals surface area contributed by atoms with Crippen molar-refractivity contribution in [2.24, 2.45) is 0 Å². The number of para-hydroxylation sites is 1. The summed E-state index contributed by atoms with van der Waals surface area (Å²) >= 11 is 0. The number of nitrogens with one attached hydrogen (secondary N) is 1. The average molecular weight is 182 g/mol. The molecule has 1 nitrogen and oxygen atoms in total. The molecule has 1 heteroatoms. The van der Waals surface area contributed by atoms with E-state index < -0.39 is 0 Å². The van der Waals surface area contributed by atoms with Gasteiger partial charge in [0.25, 0.3) is 0 Å². The van der Waals surface area contributed by atoms with Crippen LogP contribution in [0.2, 0.25) is 0 Å². The first-order valence-corrected chi connectivity index (χ1v) is 4.59. The standard InChI is InChI=1S/C13H12N/c1-11-7-9-13(10-8-11)14-12-5-3-2-4-6-12/h2-10,14H,1H2. The Morgan fingerprint density at radius 2 is 1.29 bits per heavy atom. The smallest absolute Gasteiger partial charge is 0.0384 e. The van der Waals surface area contributed by atoms with Crippen molar-refractivity contribution < 1.29 is 0 Å². The highest BCUT2D eigenvalue weighted by atomic mass is 14.9. The zero-order valence-corrected chi connectivity index (χ0v) is 7.90. The third kappa shape index (κ3) is 2.13. The zero-order valence-electron chi connectivity index (χ0n) is 7.90. The van der Waals surface area contributed by atoms with Crippen LogP contribution in [-0.2, 0) is 0 Å². The van der Waals surface area contributed by atoms with Gasteiger partial charge in [-0.2, -0.15) is 0 Å². The van der Waals surface area contributed by atoms with Gasteiger partial charge >= 0.3 is 0 Å². The third-order valence-corrected chi connectivity index (χ3v) is 2.02. The molecule has 1 radical (unpaired) electrons. The highest BCUT2D eigenvalue weighted by Gasteiger charge is 1.91. The summed E-state index contributed by atoms with van der Waals surface area (Å²) in [6.07, 6.45) is 0. The highest BCUT2D eigenvalue weighted by Crippen LogP contribution is 2.15. The molecule has 0 spiro atoms. The molecule has 0 heterocycles. The molecule has 0 aromatic heterocycles. The summed E-state index contributed by atoms with van der Waals surface area (Å²) in [4.78, 5) is 0. The summed E-state index contributed by atoms with van der Waals surface area (Å²) in [5, 5.41) is 3.30. The summed E-state index contributed by atoms with van der Waals surface area (Å²) in [5.74, 6) is 0. The molecule has 0 fully saturated rings. The quantitative estimate of drug-likeness (QED) is 0.748. The second kappa shape index (κ2) is 3.97. The van der Waals surface area contributed by atoms with E-state index in [1.165, 1.54) is 0 Å². The Hall–Kier alpha value is -1.76. The minimum atomic E-state index is 1.03. The first kappa shape index (κ1) is 8.82. The molecule has 2 aromatic carbocycles. The summed E-state index contributed by atoms with van der Waals surface area (Å²) < 4.78 is 0. The Labute approximate surface area is 84.4 Å². The fourth-order valence-electron chi connectivity index (χ4n) is 1.28. The van der Waals surface area contributed by atoms with Crippen molar-refractivity contribution in [2.45, 2.75) is 0 Å². The van der Waals surface area contributed by atoms with Crippen LogP contribution >= 0.6 is 0 Å². The van der Waals surface area contributed by atoms with Gasteiger partial charge in [0.1, 0.15) is 0 Å². The van der Waals surface area contributed by atoms with Gasteiger partial charge in [0.15, 0.2) is 0 Å². The topological polar surface area (TPSA) is 12.0 Å².